The fourth-order valence-corrected chi connectivity index (χ4v) is 5.34. The Hall–Kier alpha value is -3.98. The fraction of sp³-hybridized carbons (Fsp3) is 0.259. The zero-order valence-corrected chi connectivity index (χ0v) is 21.1. The van der Waals surface area contributed by atoms with Crippen molar-refractivity contribution in [3.63, 3.8) is 0 Å². The number of benzene rings is 1. The molecule has 1 amide bonds. The van der Waals surface area contributed by atoms with Crippen molar-refractivity contribution in [3.8, 4) is 22.2 Å². The molecule has 8 nitrogen and oxygen atoms in total. The Bertz CT molecular complexity index is 1550. The molecular weight excluding hydrogens is 472 g/mol. The number of ether oxygens (including phenoxy) is 1. The minimum absolute atomic E-state index is 0.0651. The predicted octanol–water partition coefficient (Wildman–Crippen LogP) is 5.85. The van der Waals surface area contributed by atoms with Crippen molar-refractivity contribution >= 4 is 28.6 Å². The monoisotopic (exact) mass is 498 g/mol. The van der Waals surface area contributed by atoms with E-state index in [-0.39, 0.29) is 12.1 Å². The van der Waals surface area contributed by atoms with Crippen LogP contribution in [0.3, 0.4) is 0 Å². The summed E-state index contributed by atoms with van der Waals surface area (Å²) in [5.74, 6) is 1.58. The van der Waals surface area contributed by atoms with Crippen LogP contribution in [-0.4, -0.2) is 36.0 Å². The minimum atomic E-state index is -0.530. The van der Waals surface area contributed by atoms with Crippen LogP contribution in [-0.2, 0) is 11.2 Å². The molecule has 0 spiro atoms. The first-order valence-electron chi connectivity index (χ1n) is 11.9. The highest BCUT2D eigenvalue weighted by atomic mass is 32.1. The topological polar surface area (TPSA) is 86.9 Å². The summed E-state index contributed by atoms with van der Waals surface area (Å²) in [4.78, 5) is 23.3. The number of fused-ring (bicyclic) bond motifs is 2. The molecular formula is C27H26N6O2S. The summed E-state index contributed by atoms with van der Waals surface area (Å²) < 4.78 is 9.33. The third-order valence-electron chi connectivity index (χ3n) is 6.12. The van der Waals surface area contributed by atoms with Crippen molar-refractivity contribution in [2.75, 3.05) is 0 Å². The molecule has 0 bridgehead atoms. The van der Waals surface area contributed by atoms with Gasteiger partial charge in [-0.15, -0.1) is 11.3 Å². The number of imidazole rings is 1. The molecule has 0 aliphatic heterocycles. The summed E-state index contributed by atoms with van der Waals surface area (Å²) >= 11 is 1.65. The number of hydrogen-bond acceptors (Lipinski definition) is 6. The van der Waals surface area contributed by atoms with Gasteiger partial charge >= 0.3 is 6.09 Å². The molecule has 1 N–H and O–H groups in total. The van der Waals surface area contributed by atoms with E-state index in [1.807, 2.05) is 51.2 Å². The largest absolute Gasteiger partial charge is 0.444 e. The molecule has 6 rings (SSSR count). The lowest BCUT2D eigenvalue weighted by Gasteiger charge is -2.22. The molecule has 0 fully saturated rings. The first-order valence-corrected chi connectivity index (χ1v) is 12.8. The maximum Gasteiger partial charge on any atom is 0.408 e. The summed E-state index contributed by atoms with van der Waals surface area (Å²) in [5, 5.41) is 9.42. The van der Waals surface area contributed by atoms with Crippen LogP contribution in [0.1, 0.15) is 44.4 Å². The number of nitrogens with zero attached hydrogens (tertiary/aromatic N) is 5. The lowest BCUT2D eigenvalue weighted by atomic mass is 10.1. The van der Waals surface area contributed by atoms with Gasteiger partial charge in [0.05, 0.1) is 10.9 Å². The third kappa shape index (κ3) is 4.15. The van der Waals surface area contributed by atoms with Crippen LogP contribution in [0.25, 0.3) is 33.4 Å². The quantitative estimate of drug-likeness (QED) is 0.336. The van der Waals surface area contributed by atoms with E-state index in [2.05, 4.69) is 44.6 Å². The van der Waals surface area contributed by atoms with Gasteiger partial charge in [-0.3, -0.25) is 4.57 Å². The number of aromatic nitrogens is 5. The van der Waals surface area contributed by atoms with Gasteiger partial charge in [0, 0.05) is 18.1 Å². The van der Waals surface area contributed by atoms with Crippen LogP contribution in [0.4, 0.5) is 4.79 Å². The van der Waals surface area contributed by atoms with Crippen molar-refractivity contribution in [1.82, 2.24) is 29.6 Å². The maximum absolute atomic E-state index is 12.4. The van der Waals surface area contributed by atoms with Crippen LogP contribution in [0.2, 0.25) is 0 Å². The summed E-state index contributed by atoms with van der Waals surface area (Å²) in [6.07, 6.45) is 4.93. The van der Waals surface area contributed by atoms with Gasteiger partial charge in [-0.25, -0.2) is 19.4 Å². The van der Waals surface area contributed by atoms with E-state index in [4.69, 9.17) is 14.7 Å². The van der Waals surface area contributed by atoms with Crippen molar-refractivity contribution in [3.05, 3.63) is 77.4 Å². The van der Waals surface area contributed by atoms with Crippen LogP contribution in [0, 0.1) is 0 Å². The smallest absolute Gasteiger partial charge is 0.408 e. The second kappa shape index (κ2) is 8.60. The van der Waals surface area contributed by atoms with E-state index in [1.54, 1.807) is 22.2 Å². The van der Waals surface area contributed by atoms with Gasteiger partial charge in [0.2, 0.25) is 0 Å². The van der Waals surface area contributed by atoms with Crippen LogP contribution >= 0.6 is 11.3 Å². The Morgan fingerprint density at radius 3 is 2.78 bits per heavy atom. The Labute approximate surface area is 212 Å². The van der Waals surface area contributed by atoms with E-state index in [0.717, 1.165) is 51.8 Å². The Morgan fingerprint density at radius 1 is 1.14 bits per heavy atom. The van der Waals surface area contributed by atoms with Crippen LogP contribution < -0.4 is 5.32 Å². The molecule has 0 saturated carbocycles. The molecule has 182 valence electrons. The maximum atomic E-state index is 12.4. The van der Waals surface area contributed by atoms with Gasteiger partial charge < -0.3 is 10.1 Å². The summed E-state index contributed by atoms with van der Waals surface area (Å²) in [6, 6.07) is 16.2. The van der Waals surface area contributed by atoms with E-state index < -0.39 is 5.60 Å². The number of thiophene rings is 1. The number of nitrogens with one attached hydrogen (secondary N) is 1. The average molecular weight is 499 g/mol. The van der Waals surface area contributed by atoms with Gasteiger partial charge in [0.1, 0.15) is 11.1 Å². The molecule has 9 heteroatoms. The van der Waals surface area contributed by atoms with Crippen LogP contribution in [0.5, 0.6) is 0 Å². The first kappa shape index (κ1) is 22.5. The van der Waals surface area contributed by atoms with E-state index in [9.17, 15) is 4.79 Å². The zero-order valence-electron chi connectivity index (χ0n) is 20.3. The van der Waals surface area contributed by atoms with Gasteiger partial charge in [0.25, 0.3) is 0 Å². The number of amides is 1. The predicted molar refractivity (Wildman–Crippen MR) is 140 cm³/mol. The van der Waals surface area contributed by atoms with Crippen LogP contribution in [0.15, 0.2) is 66.3 Å². The number of carbonyl (C=O) groups excluding carboxylic acids is 1. The van der Waals surface area contributed by atoms with Gasteiger partial charge in [-0.05, 0) is 86.5 Å². The fourth-order valence-electron chi connectivity index (χ4n) is 4.64. The molecule has 1 aromatic carbocycles. The van der Waals surface area contributed by atoms with E-state index in [0.29, 0.717) is 0 Å². The highest BCUT2D eigenvalue weighted by Gasteiger charge is 2.27. The van der Waals surface area contributed by atoms with Gasteiger partial charge in [-0.2, -0.15) is 5.10 Å². The average Bonchev–Trinajstić information content (AvgIpc) is 3.63. The molecule has 1 atom stereocenters. The second-order valence-corrected chi connectivity index (χ2v) is 10.8. The molecule has 5 aromatic rings. The molecule has 4 heterocycles. The Balaban J connectivity index is 1.41. The first-order chi connectivity index (χ1) is 17.4. The number of hydrogen-bond donors (Lipinski definition) is 1. The number of aryl methyl sites for hydroxylation is 1. The molecule has 1 aliphatic carbocycles. The standard InChI is InChI=1S/C27H26N6O2S/c1-27(2,3)35-26(34)30-20-10-7-17-16-18(8-9-19(17)20)33-24-21(29-25(33)22-6-4-15-36-22)11-12-23(31-24)32-14-5-13-28-32/h4-6,8-9,11-16,20H,7,10H2,1-3H3,(H,30,34)/t20-/m0/s1. The highest BCUT2D eigenvalue weighted by molar-refractivity contribution is 7.13. The third-order valence-corrected chi connectivity index (χ3v) is 6.99. The lowest BCUT2D eigenvalue weighted by Crippen LogP contribution is -2.34. The second-order valence-electron chi connectivity index (χ2n) is 9.83. The normalized spacial score (nSPS) is 15.2. The molecule has 0 radical (unpaired) electrons. The summed E-state index contributed by atoms with van der Waals surface area (Å²) in [6.45, 7) is 5.61. The van der Waals surface area contributed by atoms with E-state index in [1.165, 1.54) is 5.56 Å². The van der Waals surface area contributed by atoms with Crippen molar-refractivity contribution in [2.24, 2.45) is 0 Å². The highest BCUT2D eigenvalue weighted by Crippen LogP contribution is 2.36. The van der Waals surface area contributed by atoms with Crippen molar-refractivity contribution in [1.29, 1.82) is 0 Å². The number of pyridine rings is 1. The Kier molecular flexibility index (Phi) is 5.37. The zero-order chi connectivity index (χ0) is 24.9. The minimum Gasteiger partial charge on any atom is -0.444 e. The lowest BCUT2D eigenvalue weighted by molar-refractivity contribution is 0.0503. The summed E-state index contributed by atoms with van der Waals surface area (Å²) in [7, 11) is 0. The number of alkyl carbamates (subject to hydrolysis) is 1. The molecule has 0 unspecified atom stereocenters. The molecule has 4 aromatic heterocycles. The molecule has 1 aliphatic rings. The van der Waals surface area contributed by atoms with Crippen molar-refractivity contribution in [2.45, 2.75) is 45.3 Å². The van der Waals surface area contributed by atoms with Gasteiger partial charge in [0.15, 0.2) is 17.3 Å². The van der Waals surface area contributed by atoms with Crippen molar-refractivity contribution < 1.29 is 9.53 Å². The van der Waals surface area contributed by atoms with E-state index >= 15 is 0 Å². The summed E-state index contributed by atoms with van der Waals surface area (Å²) in [5.41, 5.74) is 4.38. The molecule has 0 saturated heterocycles. The number of carbonyl (C=O) groups is 1. The Morgan fingerprint density at radius 2 is 2.03 bits per heavy atom. The van der Waals surface area contributed by atoms with Gasteiger partial charge in [-0.1, -0.05) is 12.1 Å². The molecule has 36 heavy (non-hydrogen) atoms. The SMILES string of the molecule is CC(C)(C)OC(=O)N[C@H]1CCc2cc(-n3c(-c4cccs4)nc4ccc(-n5cccn5)nc43)ccc21. The number of rotatable bonds is 4.